The zero-order valence-corrected chi connectivity index (χ0v) is 15.5. The first-order valence-corrected chi connectivity index (χ1v) is 10.7. The Bertz CT molecular complexity index is 506. The van der Waals surface area contributed by atoms with Gasteiger partial charge in [-0.25, -0.2) is 8.42 Å². The fourth-order valence-electron chi connectivity index (χ4n) is 3.39. The molecule has 2 aliphatic heterocycles. The summed E-state index contributed by atoms with van der Waals surface area (Å²) in [6, 6.07) is 0.406. The van der Waals surface area contributed by atoms with Crippen molar-refractivity contribution in [2.24, 2.45) is 10.9 Å². The number of rotatable bonds is 5. The number of piperidine rings is 1. The van der Waals surface area contributed by atoms with Gasteiger partial charge in [-0.05, 0) is 45.6 Å². The molecule has 0 bridgehead atoms. The zero-order chi connectivity index (χ0) is 16.9. The third-order valence-electron chi connectivity index (χ3n) is 4.74. The molecule has 6 nitrogen and oxygen atoms in total. The van der Waals surface area contributed by atoms with E-state index in [4.69, 9.17) is 0 Å². The standard InChI is InChI=1S/C16H32N4O2S/c1-4-17-16(19-15-7-9-23(21,22)12-15)18-10-14(3)20-8-5-6-13(2)11-20/h13-15H,4-12H2,1-3H3,(H2,17,18,19). The molecule has 0 aliphatic carbocycles. The topological polar surface area (TPSA) is 73.8 Å². The molecule has 3 unspecified atom stereocenters. The van der Waals surface area contributed by atoms with Crippen molar-refractivity contribution in [3.63, 3.8) is 0 Å². The van der Waals surface area contributed by atoms with Gasteiger partial charge < -0.3 is 10.6 Å². The minimum absolute atomic E-state index is 0.0110. The fraction of sp³-hybridized carbons (Fsp3) is 0.938. The van der Waals surface area contributed by atoms with Crippen molar-refractivity contribution in [2.45, 2.75) is 52.1 Å². The predicted molar refractivity (Wildman–Crippen MR) is 95.6 cm³/mol. The first-order valence-electron chi connectivity index (χ1n) is 8.89. The van der Waals surface area contributed by atoms with Crippen LogP contribution in [0.1, 0.15) is 40.0 Å². The number of nitrogens with one attached hydrogen (secondary N) is 2. The van der Waals surface area contributed by atoms with E-state index in [1.165, 1.54) is 12.8 Å². The van der Waals surface area contributed by atoms with Crippen LogP contribution in [0.2, 0.25) is 0 Å². The number of guanidine groups is 1. The lowest BCUT2D eigenvalue weighted by atomic mass is 9.99. The summed E-state index contributed by atoms with van der Waals surface area (Å²) >= 11 is 0. The summed E-state index contributed by atoms with van der Waals surface area (Å²) in [7, 11) is -2.86. The van der Waals surface area contributed by atoms with Crippen LogP contribution in [0.3, 0.4) is 0 Å². The van der Waals surface area contributed by atoms with Gasteiger partial charge in [0, 0.05) is 25.2 Å². The largest absolute Gasteiger partial charge is 0.357 e. The number of likely N-dealkylation sites (tertiary alicyclic amines) is 1. The molecule has 0 aromatic carbocycles. The smallest absolute Gasteiger partial charge is 0.191 e. The Hall–Kier alpha value is -0.820. The molecule has 2 fully saturated rings. The van der Waals surface area contributed by atoms with Gasteiger partial charge in [-0.3, -0.25) is 9.89 Å². The maximum absolute atomic E-state index is 11.6. The van der Waals surface area contributed by atoms with E-state index >= 15 is 0 Å². The van der Waals surface area contributed by atoms with Crippen LogP contribution in [0.4, 0.5) is 0 Å². The number of nitrogens with zero attached hydrogens (tertiary/aromatic N) is 2. The zero-order valence-electron chi connectivity index (χ0n) is 14.7. The molecule has 2 saturated heterocycles. The van der Waals surface area contributed by atoms with E-state index in [2.05, 4.69) is 34.4 Å². The molecule has 2 N–H and O–H groups in total. The van der Waals surface area contributed by atoms with E-state index in [0.29, 0.717) is 12.5 Å². The number of hydrogen-bond acceptors (Lipinski definition) is 4. The molecule has 0 amide bonds. The van der Waals surface area contributed by atoms with Crippen molar-refractivity contribution in [3.05, 3.63) is 0 Å². The Labute approximate surface area is 141 Å². The average Bonchev–Trinajstić information content (AvgIpc) is 2.83. The van der Waals surface area contributed by atoms with E-state index in [9.17, 15) is 8.42 Å². The summed E-state index contributed by atoms with van der Waals surface area (Å²) in [4.78, 5) is 7.20. The molecule has 0 saturated carbocycles. The summed E-state index contributed by atoms with van der Waals surface area (Å²) in [6.07, 6.45) is 3.27. The van der Waals surface area contributed by atoms with Crippen molar-refractivity contribution in [3.8, 4) is 0 Å². The molecular formula is C16H32N4O2S. The molecule has 0 radical (unpaired) electrons. The van der Waals surface area contributed by atoms with E-state index < -0.39 is 9.84 Å². The minimum Gasteiger partial charge on any atom is -0.357 e. The number of sulfone groups is 1. The second kappa shape index (κ2) is 8.33. The summed E-state index contributed by atoms with van der Waals surface area (Å²) in [5, 5.41) is 6.51. The second-order valence-corrected chi connectivity index (χ2v) is 9.28. The van der Waals surface area contributed by atoms with Crippen molar-refractivity contribution in [1.82, 2.24) is 15.5 Å². The summed E-state index contributed by atoms with van der Waals surface area (Å²) in [5.74, 6) is 2.01. The molecule has 0 spiro atoms. The van der Waals surface area contributed by atoms with Crippen LogP contribution in [0.15, 0.2) is 4.99 Å². The molecule has 2 rings (SSSR count). The first kappa shape index (κ1) is 18.5. The normalized spacial score (nSPS) is 30.1. The van der Waals surface area contributed by atoms with Crippen LogP contribution in [0.5, 0.6) is 0 Å². The Morgan fingerprint density at radius 1 is 1.39 bits per heavy atom. The molecule has 2 heterocycles. The maximum Gasteiger partial charge on any atom is 0.191 e. The van der Waals surface area contributed by atoms with E-state index in [1.54, 1.807) is 0 Å². The van der Waals surface area contributed by atoms with E-state index in [0.717, 1.165) is 38.1 Å². The number of aliphatic imine (C=N–C) groups is 1. The van der Waals surface area contributed by atoms with Gasteiger partial charge in [-0.15, -0.1) is 0 Å². The lowest BCUT2D eigenvalue weighted by molar-refractivity contribution is 0.142. The molecule has 0 aromatic heterocycles. The highest BCUT2D eigenvalue weighted by molar-refractivity contribution is 7.91. The highest BCUT2D eigenvalue weighted by Crippen LogP contribution is 2.17. The van der Waals surface area contributed by atoms with Gasteiger partial charge in [0.1, 0.15) is 0 Å². The number of hydrogen-bond donors (Lipinski definition) is 2. The first-order chi connectivity index (χ1) is 10.9. The van der Waals surface area contributed by atoms with Gasteiger partial charge in [-0.2, -0.15) is 0 Å². The molecule has 23 heavy (non-hydrogen) atoms. The average molecular weight is 345 g/mol. The summed E-state index contributed by atoms with van der Waals surface area (Å²) in [6.45, 7) is 10.4. The monoisotopic (exact) mass is 344 g/mol. The third-order valence-corrected chi connectivity index (χ3v) is 6.51. The van der Waals surface area contributed by atoms with Crippen LogP contribution in [0.25, 0.3) is 0 Å². The van der Waals surface area contributed by atoms with Gasteiger partial charge in [0.25, 0.3) is 0 Å². The molecule has 0 aromatic rings. The highest BCUT2D eigenvalue weighted by Gasteiger charge is 2.28. The third kappa shape index (κ3) is 5.95. The van der Waals surface area contributed by atoms with Crippen molar-refractivity contribution in [2.75, 3.05) is 37.7 Å². The lowest BCUT2D eigenvalue weighted by Gasteiger charge is -2.35. The van der Waals surface area contributed by atoms with Gasteiger partial charge in [-0.1, -0.05) is 6.92 Å². The molecular weight excluding hydrogens is 312 g/mol. The van der Waals surface area contributed by atoms with Gasteiger partial charge in [0.2, 0.25) is 0 Å². The van der Waals surface area contributed by atoms with Crippen LogP contribution in [0, 0.1) is 5.92 Å². The summed E-state index contributed by atoms with van der Waals surface area (Å²) in [5.41, 5.74) is 0. The second-order valence-electron chi connectivity index (χ2n) is 7.06. The van der Waals surface area contributed by atoms with Crippen LogP contribution in [-0.4, -0.2) is 69.0 Å². The maximum atomic E-state index is 11.6. The Kier molecular flexibility index (Phi) is 6.71. The van der Waals surface area contributed by atoms with E-state index in [1.807, 2.05) is 6.92 Å². The minimum atomic E-state index is -2.86. The van der Waals surface area contributed by atoms with Crippen molar-refractivity contribution >= 4 is 15.8 Å². The van der Waals surface area contributed by atoms with Gasteiger partial charge >= 0.3 is 0 Å². The Balaban J connectivity index is 1.87. The van der Waals surface area contributed by atoms with Crippen LogP contribution >= 0.6 is 0 Å². The molecule has 2 aliphatic rings. The van der Waals surface area contributed by atoms with Gasteiger partial charge in [0.05, 0.1) is 18.1 Å². The molecule has 3 atom stereocenters. The summed E-state index contributed by atoms with van der Waals surface area (Å²) < 4.78 is 23.2. The lowest BCUT2D eigenvalue weighted by Crippen LogP contribution is -2.46. The molecule has 134 valence electrons. The van der Waals surface area contributed by atoms with Crippen molar-refractivity contribution < 1.29 is 8.42 Å². The Morgan fingerprint density at radius 2 is 2.17 bits per heavy atom. The quantitative estimate of drug-likeness (QED) is 0.571. The molecule has 7 heteroatoms. The predicted octanol–water partition coefficient (Wildman–Crippen LogP) is 0.849. The van der Waals surface area contributed by atoms with E-state index in [-0.39, 0.29) is 17.5 Å². The fourth-order valence-corrected chi connectivity index (χ4v) is 5.06. The van der Waals surface area contributed by atoms with Crippen LogP contribution in [-0.2, 0) is 9.84 Å². The van der Waals surface area contributed by atoms with Crippen molar-refractivity contribution in [1.29, 1.82) is 0 Å². The van der Waals surface area contributed by atoms with Crippen LogP contribution < -0.4 is 10.6 Å². The SMILES string of the molecule is CCNC(=NCC(C)N1CCCC(C)C1)NC1CCS(=O)(=O)C1. The van der Waals surface area contributed by atoms with Gasteiger partial charge in [0.15, 0.2) is 15.8 Å². The Morgan fingerprint density at radius 3 is 2.78 bits per heavy atom. The highest BCUT2D eigenvalue weighted by atomic mass is 32.2.